The Kier molecular flexibility index (Phi) is 3.35. The van der Waals surface area contributed by atoms with Gasteiger partial charge in [0.2, 0.25) is 6.29 Å². The van der Waals surface area contributed by atoms with Crippen LogP contribution in [-0.4, -0.2) is 13.4 Å². The van der Waals surface area contributed by atoms with Crippen LogP contribution in [0.25, 0.3) is 0 Å². The van der Waals surface area contributed by atoms with Gasteiger partial charge in [-0.05, 0) is 18.2 Å². The normalized spacial score (nSPS) is 12.1. The van der Waals surface area contributed by atoms with Crippen LogP contribution in [0.3, 0.4) is 0 Å². The van der Waals surface area contributed by atoms with E-state index in [1.165, 1.54) is 0 Å². The Balaban J connectivity index is 2.56. The maximum absolute atomic E-state index is 5.37. The molecule has 2 heteroatoms. The van der Waals surface area contributed by atoms with Crippen molar-refractivity contribution in [3.63, 3.8) is 0 Å². The molecule has 2 nitrogen and oxygen atoms in total. The fourth-order valence-electron chi connectivity index (χ4n) is 0.826. The molecule has 64 valence electrons. The summed E-state index contributed by atoms with van der Waals surface area (Å²) in [5.74, 6) is 0.782. The summed E-state index contributed by atoms with van der Waals surface area (Å²) in [4.78, 5) is 0. The molecule has 1 unspecified atom stereocenters. The van der Waals surface area contributed by atoms with Crippen molar-refractivity contribution in [1.29, 1.82) is 0 Å². The van der Waals surface area contributed by atoms with E-state index in [-0.39, 0.29) is 6.29 Å². The second-order valence-corrected chi connectivity index (χ2v) is 2.27. The van der Waals surface area contributed by atoms with Crippen LogP contribution < -0.4 is 4.74 Å². The van der Waals surface area contributed by atoms with Crippen molar-refractivity contribution in [2.45, 2.75) is 6.29 Å². The molecular weight excluding hydrogens is 152 g/mol. The third-order valence-electron chi connectivity index (χ3n) is 1.42. The van der Waals surface area contributed by atoms with Crippen LogP contribution in [0.5, 0.6) is 5.75 Å². The second kappa shape index (κ2) is 4.57. The van der Waals surface area contributed by atoms with E-state index >= 15 is 0 Å². The van der Waals surface area contributed by atoms with E-state index in [4.69, 9.17) is 9.47 Å². The van der Waals surface area contributed by atoms with Crippen molar-refractivity contribution in [3.05, 3.63) is 43.0 Å². The van der Waals surface area contributed by atoms with Crippen LogP contribution >= 0.6 is 0 Å². The fraction of sp³-hybridized carbons (Fsp3) is 0.200. The molecule has 0 fully saturated rings. The lowest BCUT2D eigenvalue weighted by Gasteiger charge is -2.12. The summed E-state index contributed by atoms with van der Waals surface area (Å²) < 4.78 is 10.3. The number of para-hydroxylation sites is 1. The van der Waals surface area contributed by atoms with Crippen LogP contribution in [0.1, 0.15) is 0 Å². The Labute approximate surface area is 72.4 Å². The number of benzene rings is 1. The molecule has 0 aliphatic rings. The van der Waals surface area contributed by atoms with Crippen LogP contribution in [0.4, 0.5) is 0 Å². The van der Waals surface area contributed by atoms with Gasteiger partial charge in [-0.15, -0.1) is 0 Å². The molecule has 0 amide bonds. The van der Waals surface area contributed by atoms with Crippen molar-refractivity contribution in [2.75, 3.05) is 7.11 Å². The molecule has 0 saturated heterocycles. The lowest BCUT2D eigenvalue weighted by atomic mass is 10.3. The molecule has 0 aromatic heterocycles. The molecule has 1 aromatic carbocycles. The molecular formula is C10H12O2. The van der Waals surface area contributed by atoms with E-state index in [1.807, 2.05) is 30.3 Å². The summed E-state index contributed by atoms with van der Waals surface area (Å²) in [5, 5.41) is 0. The van der Waals surface area contributed by atoms with Gasteiger partial charge in [-0.2, -0.15) is 0 Å². The molecule has 0 aliphatic carbocycles. The molecule has 12 heavy (non-hydrogen) atoms. The molecule has 0 aliphatic heterocycles. The van der Waals surface area contributed by atoms with E-state index in [0.29, 0.717) is 0 Å². The van der Waals surface area contributed by atoms with Gasteiger partial charge in [0.15, 0.2) is 0 Å². The summed E-state index contributed by atoms with van der Waals surface area (Å²) in [7, 11) is 1.58. The number of rotatable bonds is 4. The van der Waals surface area contributed by atoms with Crippen molar-refractivity contribution in [2.24, 2.45) is 0 Å². The molecule has 0 heterocycles. The second-order valence-electron chi connectivity index (χ2n) is 2.27. The Morgan fingerprint density at radius 3 is 2.50 bits per heavy atom. The quantitative estimate of drug-likeness (QED) is 0.502. The highest BCUT2D eigenvalue weighted by Crippen LogP contribution is 2.11. The summed E-state index contributed by atoms with van der Waals surface area (Å²) in [6, 6.07) is 9.49. The molecule has 1 atom stereocenters. The fourth-order valence-corrected chi connectivity index (χ4v) is 0.826. The minimum atomic E-state index is -0.368. The largest absolute Gasteiger partial charge is 0.461 e. The van der Waals surface area contributed by atoms with Crippen LogP contribution in [0.2, 0.25) is 0 Å². The Bertz CT molecular complexity index is 231. The first-order valence-corrected chi connectivity index (χ1v) is 3.74. The van der Waals surface area contributed by atoms with Crippen molar-refractivity contribution in [3.8, 4) is 5.75 Å². The number of hydrogen-bond donors (Lipinski definition) is 0. The van der Waals surface area contributed by atoms with Gasteiger partial charge in [0.25, 0.3) is 0 Å². The maximum atomic E-state index is 5.37. The average Bonchev–Trinajstić information content (AvgIpc) is 2.16. The van der Waals surface area contributed by atoms with Gasteiger partial charge in [0.05, 0.1) is 0 Å². The Hall–Kier alpha value is -1.28. The van der Waals surface area contributed by atoms with Gasteiger partial charge < -0.3 is 9.47 Å². The monoisotopic (exact) mass is 164 g/mol. The number of ether oxygens (including phenoxy) is 2. The predicted octanol–water partition coefficient (Wildman–Crippen LogP) is 2.22. The lowest BCUT2D eigenvalue weighted by Crippen LogP contribution is -2.14. The maximum Gasteiger partial charge on any atom is 0.219 e. The molecule has 1 aromatic rings. The summed E-state index contributed by atoms with van der Waals surface area (Å²) >= 11 is 0. The molecule has 0 spiro atoms. The van der Waals surface area contributed by atoms with Crippen molar-refractivity contribution < 1.29 is 9.47 Å². The van der Waals surface area contributed by atoms with Crippen LogP contribution in [-0.2, 0) is 4.74 Å². The smallest absolute Gasteiger partial charge is 0.219 e. The minimum Gasteiger partial charge on any atom is -0.461 e. The first-order valence-electron chi connectivity index (χ1n) is 3.74. The summed E-state index contributed by atoms with van der Waals surface area (Å²) in [6.07, 6.45) is 1.24. The Morgan fingerprint density at radius 2 is 2.00 bits per heavy atom. The molecule has 0 radical (unpaired) electrons. The van der Waals surface area contributed by atoms with E-state index in [9.17, 15) is 0 Å². The predicted molar refractivity (Wildman–Crippen MR) is 48.1 cm³/mol. The molecule has 0 saturated carbocycles. The number of methoxy groups -OCH3 is 1. The highest BCUT2D eigenvalue weighted by molar-refractivity contribution is 5.21. The highest BCUT2D eigenvalue weighted by atomic mass is 16.7. The molecule has 0 bridgehead atoms. The van der Waals surface area contributed by atoms with E-state index in [1.54, 1.807) is 13.2 Å². The van der Waals surface area contributed by atoms with E-state index < -0.39 is 0 Å². The summed E-state index contributed by atoms with van der Waals surface area (Å²) in [5.41, 5.74) is 0. The lowest BCUT2D eigenvalue weighted by molar-refractivity contribution is -0.0154. The van der Waals surface area contributed by atoms with Gasteiger partial charge in [-0.3, -0.25) is 0 Å². The van der Waals surface area contributed by atoms with Gasteiger partial charge in [-0.25, -0.2) is 0 Å². The van der Waals surface area contributed by atoms with Crippen molar-refractivity contribution in [1.82, 2.24) is 0 Å². The van der Waals surface area contributed by atoms with Crippen LogP contribution in [0.15, 0.2) is 43.0 Å². The molecule has 1 rings (SSSR count). The third-order valence-corrected chi connectivity index (χ3v) is 1.42. The van der Waals surface area contributed by atoms with Gasteiger partial charge >= 0.3 is 0 Å². The van der Waals surface area contributed by atoms with Crippen LogP contribution in [0, 0.1) is 0 Å². The number of hydrogen-bond acceptors (Lipinski definition) is 2. The average molecular weight is 164 g/mol. The topological polar surface area (TPSA) is 18.5 Å². The van der Waals surface area contributed by atoms with Gasteiger partial charge in [0, 0.05) is 7.11 Å². The van der Waals surface area contributed by atoms with E-state index in [2.05, 4.69) is 6.58 Å². The first-order chi connectivity index (χ1) is 5.86. The van der Waals surface area contributed by atoms with Gasteiger partial charge in [0.1, 0.15) is 5.75 Å². The zero-order valence-corrected chi connectivity index (χ0v) is 7.07. The SMILES string of the molecule is C=CC(OC)Oc1ccccc1. The van der Waals surface area contributed by atoms with Gasteiger partial charge in [-0.1, -0.05) is 24.8 Å². The van der Waals surface area contributed by atoms with Crippen molar-refractivity contribution >= 4 is 0 Å². The van der Waals surface area contributed by atoms with E-state index in [0.717, 1.165) is 5.75 Å². The third kappa shape index (κ3) is 2.40. The molecule has 0 N–H and O–H groups in total. The highest BCUT2D eigenvalue weighted by Gasteiger charge is 2.01. The first kappa shape index (κ1) is 8.81. The standard InChI is InChI=1S/C10H12O2/c1-3-10(11-2)12-9-7-5-4-6-8-9/h3-8,10H,1H2,2H3. The zero-order chi connectivity index (χ0) is 8.81. The Morgan fingerprint density at radius 1 is 1.33 bits per heavy atom. The zero-order valence-electron chi connectivity index (χ0n) is 7.07. The minimum absolute atomic E-state index is 0.368. The summed E-state index contributed by atoms with van der Waals surface area (Å²) in [6.45, 7) is 3.58.